The predicted octanol–water partition coefficient (Wildman–Crippen LogP) is 3.03. The fraction of sp³-hybridized carbons (Fsp3) is 0.316. The summed E-state index contributed by atoms with van der Waals surface area (Å²) in [5, 5.41) is 9.05. The molecule has 1 aromatic carbocycles. The van der Waals surface area contributed by atoms with Crippen molar-refractivity contribution in [2.45, 2.75) is 25.1 Å². The Morgan fingerprint density at radius 3 is 2.68 bits per heavy atom. The third-order valence-electron chi connectivity index (χ3n) is 4.24. The molecule has 1 fully saturated rings. The van der Waals surface area contributed by atoms with Gasteiger partial charge in [-0.15, -0.1) is 24.8 Å². The summed E-state index contributed by atoms with van der Waals surface area (Å²) in [4.78, 5) is 17.8. The Balaban J connectivity index is 0.00000196. The largest absolute Gasteiger partial charge is 0.438 e. The molecule has 9 heteroatoms. The van der Waals surface area contributed by atoms with Crippen LogP contribution in [0, 0.1) is 11.3 Å². The highest BCUT2D eigenvalue weighted by Gasteiger charge is 2.29. The van der Waals surface area contributed by atoms with Gasteiger partial charge < -0.3 is 15.4 Å². The van der Waals surface area contributed by atoms with Gasteiger partial charge in [0, 0.05) is 12.7 Å². The number of halogens is 3. The second kappa shape index (κ2) is 10.8. The predicted molar refractivity (Wildman–Crippen MR) is 108 cm³/mol. The van der Waals surface area contributed by atoms with Crippen LogP contribution < -0.4 is 10.5 Å². The number of nitriles is 1. The van der Waals surface area contributed by atoms with Gasteiger partial charge in [-0.1, -0.05) is 12.1 Å². The monoisotopic (exact) mass is 426 g/mol. The van der Waals surface area contributed by atoms with Crippen molar-refractivity contribution in [1.29, 1.82) is 5.26 Å². The minimum atomic E-state index is -0.951. The van der Waals surface area contributed by atoms with Crippen molar-refractivity contribution < 1.29 is 13.9 Å². The first kappa shape index (κ1) is 23.6. The molecule has 2 N–H and O–H groups in total. The molecule has 1 aliphatic rings. The summed E-state index contributed by atoms with van der Waals surface area (Å²) in [6, 6.07) is 11.7. The molecule has 3 rings (SSSR count). The summed E-state index contributed by atoms with van der Waals surface area (Å²) in [6.45, 7) is 0.552. The van der Waals surface area contributed by atoms with Crippen molar-refractivity contribution in [3.05, 3.63) is 53.7 Å². The molecular formula is C19H21Cl2FN4O2. The molecule has 0 unspecified atom stereocenters. The summed E-state index contributed by atoms with van der Waals surface area (Å²) in [6.07, 6.45) is 1.34. The van der Waals surface area contributed by atoms with E-state index in [0.29, 0.717) is 30.7 Å². The number of aromatic nitrogens is 1. The van der Waals surface area contributed by atoms with Gasteiger partial charge in [-0.3, -0.25) is 4.79 Å². The summed E-state index contributed by atoms with van der Waals surface area (Å²) in [7, 11) is 0. The van der Waals surface area contributed by atoms with Crippen LogP contribution in [0.5, 0.6) is 11.6 Å². The van der Waals surface area contributed by atoms with E-state index in [0.717, 1.165) is 5.56 Å². The van der Waals surface area contributed by atoms with Crippen molar-refractivity contribution in [2.75, 3.05) is 13.1 Å². The summed E-state index contributed by atoms with van der Waals surface area (Å²) < 4.78 is 18.8. The van der Waals surface area contributed by atoms with Crippen LogP contribution in [-0.4, -0.2) is 41.1 Å². The number of nitrogens with zero attached hydrogens (tertiary/aromatic N) is 3. The highest BCUT2D eigenvalue weighted by Crippen LogP contribution is 2.23. The number of rotatable bonds is 5. The topological polar surface area (TPSA) is 92.2 Å². The average Bonchev–Trinajstić information content (AvgIpc) is 3.09. The molecule has 1 aromatic heterocycles. The maximum absolute atomic E-state index is 13.2. The maximum atomic E-state index is 13.2. The molecule has 2 heterocycles. The molecule has 2 atom stereocenters. The zero-order chi connectivity index (χ0) is 18.5. The molecule has 1 aliphatic heterocycles. The van der Waals surface area contributed by atoms with Crippen LogP contribution in [-0.2, 0) is 11.2 Å². The minimum absolute atomic E-state index is 0. The highest BCUT2D eigenvalue weighted by atomic mass is 35.5. The number of carbonyl (C=O) groups is 1. The van der Waals surface area contributed by atoms with Gasteiger partial charge in [0.2, 0.25) is 11.8 Å². The molecule has 28 heavy (non-hydrogen) atoms. The summed E-state index contributed by atoms with van der Waals surface area (Å²) >= 11 is 0. The molecule has 6 nitrogen and oxygen atoms in total. The second-order valence-electron chi connectivity index (χ2n) is 6.19. The second-order valence-corrected chi connectivity index (χ2v) is 6.19. The number of likely N-dealkylation sites (tertiary alicyclic amines) is 1. The standard InChI is InChI=1S/C19H19FN4O2.2ClH/c20-15-7-9-24(12-15)19(25)17(22)10-13-3-5-16(6-4-13)26-18-14(11-21)2-1-8-23-18;;/h1-6,8,15,17H,7,9-10,12,22H2;2*1H/t15-,17-;;/m0../s1. The number of amides is 1. The normalized spacial score (nSPS) is 16.3. The van der Waals surface area contributed by atoms with Crippen LogP contribution in [0.2, 0.25) is 0 Å². The van der Waals surface area contributed by atoms with Crippen LogP contribution in [0.25, 0.3) is 0 Å². The van der Waals surface area contributed by atoms with Crippen LogP contribution in [0.3, 0.4) is 0 Å². The highest BCUT2D eigenvalue weighted by molar-refractivity contribution is 5.85. The molecular weight excluding hydrogens is 406 g/mol. The number of benzene rings is 1. The van der Waals surface area contributed by atoms with Crippen LogP contribution >= 0.6 is 24.8 Å². The first-order valence-electron chi connectivity index (χ1n) is 8.37. The molecule has 0 radical (unpaired) electrons. The Hall–Kier alpha value is -2.40. The van der Waals surface area contributed by atoms with Gasteiger partial charge in [-0.05, 0) is 42.7 Å². The van der Waals surface area contributed by atoms with Crippen molar-refractivity contribution in [3.8, 4) is 17.7 Å². The fourth-order valence-electron chi connectivity index (χ4n) is 2.86. The van der Waals surface area contributed by atoms with Crippen molar-refractivity contribution in [1.82, 2.24) is 9.88 Å². The SMILES string of the molecule is Cl.Cl.N#Cc1cccnc1Oc1ccc(C[C@H](N)C(=O)N2CC[C@H](F)C2)cc1. The third-order valence-corrected chi connectivity index (χ3v) is 4.24. The van der Waals surface area contributed by atoms with Gasteiger partial charge in [0.15, 0.2) is 0 Å². The van der Waals surface area contributed by atoms with Crippen LogP contribution in [0.4, 0.5) is 4.39 Å². The molecule has 2 aromatic rings. The van der Waals surface area contributed by atoms with E-state index >= 15 is 0 Å². The molecule has 1 amide bonds. The van der Waals surface area contributed by atoms with E-state index in [4.69, 9.17) is 15.7 Å². The van der Waals surface area contributed by atoms with Crippen molar-refractivity contribution in [3.63, 3.8) is 0 Å². The lowest BCUT2D eigenvalue weighted by Crippen LogP contribution is -2.44. The van der Waals surface area contributed by atoms with Crippen LogP contribution in [0.15, 0.2) is 42.6 Å². The molecule has 0 saturated carbocycles. The van der Waals surface area contributed by atoms with Gasteiger partial charge in [0.05, 0.1) is 12.6 Å². The summed E-state index contributed by atoms with van der Waals surface area (Å²) in [5.74, 6) is 0.547. The smallest absolute Gasteiger partial charge is 0.239 e. The van der Waals surface area contributed by atoms with Crippen molar-refractivity contribution >= 4 is 30.7 Å². The van der Waals surface area contributed by atoms with E-state index in [-0.39, 0.29) is 43.1 Å². The number of ether oxygens (including phenoxy) is 1. The third kappa shape index (κ3) is 5.80. The number of nitrogens with two attached hydrogens (primary N) is 1. The van der Waals surface area contributed by atoms with E-state index in [9.17, 15) is 9.18 Å². The van der Waals surface area contributed by atoms with Crippen LogP contribution in [0.1, 0.15) is 17.5 Å². The Kier molecular flexibility index (Phi) is 9.13. The first-order valence-corrected chi connectivity index (χ1v) is 8.37. The minimum Gasteiger partial charge on any atom is -0.438 e. The molecule has 150 valence electrons. The molecule has 0 bridgehead atoms. The summed E-state index contributed by atoms with van der Waals surface area (Å²) in [5.41, 5.74) is 7.20. The van der Waals surface area contributed by atoms with E-state index in [1.807, 2.05) is 6.07 Å². The number of alkyl halides is 1. The van der Waals surface area contributed by atoms with E-state index < -0.39 is 12.2 Å². The molecule has 0 aliphatic carbocycles. The van der Waals surface area contributed by atoms with E-state index in [2.05, 4.69) is 4.98 Å². The average molecular weight is 427 g/mol. The Bertz CT molecular complexity index is 829. The lowest BCUT2D eigenvalue weighted by molar-refractivity contribution is -0.131. The van der Waals surface area contributed by atoms with Gasteiger partial charge in [-0.2, -0.15) is 5.26 Å². The van der Waals surface area contributed by atoms with Gasteiger partial charge in [0.1, 0.15) is 23.6 Å². The molecule has 0 spiro atoms. The maximum Gasteiger partial charge on any atom is 0.239 e. The number of pyridine rings is 1. The quantitative estimate of drug-likeness (QED) is 0.792. The van der Waals surface area contributed by atoms with Gasteiger partial charge >= 0.3 is 0 Å². The van der Waals surface area contributed by atoms with Gasteiger partial charge in [0.25, 0.3) is 0 Å². The zero-order valence-electron chi connectivity index (χ0n) is 15.0. The fourth-order valence-corrected chi connectivity index (χ4v) is 2.86. The number of hydrogen-bond acceptors (Lipinski definition) is 5. The molecule has 1 saturated heterocycles. The van der Waals surface area contributed by atoms with E-state index in [1.54, 1.807) is 42.6 Å². The zero-order valence-corrected chi connectivity index (χ0v) is 16.6. The Labute approximate surface area is 175 Å². The Morgan fingerprint density at radius 1 is 1.36 bits per heavy atom. The lowest BCUT2D eigenvalue weighted by atomic mass is 10.1. The van der Waals surface area contributed by atoms with Crippen molar-refractivity contribution in [2.24, 2.45) is 5.73 Å². The Morgan fingerprint density at radius 2 is 2.07 bits per heavy atom. The number of carbonyl (C=O) groups excluding carboxylic acids is 1. The first-order chi connectivity index (χ1) is 12.6. The lowest BCUT2D eigenvalue weighted by Gasteiger charge is -2.20. The van der Waals surface area contributed by atoms with Gasteiger partial charge in [-0.25, -0.2) is 9.37 Å². The van der Waals surface area contributed by atoms with E-state index in [1.165, 1.54) is 4.90 Å². The number of hydrogen-bond donors (Lipinski definition) is 1.